The lowest BCUT2D eigenvalue weighted by Crippen LogP contribution is -2.29. The molecule has 0 aliphatic carbocycles. The third kappa shape index (κ3) is 4.34. The first-order valence-corrected chi connectivity index (χ1v) is 11.1. The van der Waals surface area contributed by atoms with Gasteiger partial charge in [0.25, 0.3) is 11.7 Å². The number of nitrogens with zero attached hydrogens (tertiary/aromatic N) is 1. The number of carbonyl (C=O) groups is 2. The second kappa shape index (κ2) is 9.30. The predicted molar refractivity (Wildman–Crippen MR) is 130 cm³/mol. The first kappa shape index (κ1) is 22.9. The van der Waals surface area contributed by atoms with Gasteiger partial charge in [0.05, 0.1) is 23.2 Å². The zero-order valence-electron chi connectivity index (χ0n) is 18.0. The highest BCUT2D eigenvalue weighted by molar-refractivity contribution is 6.51. The van der Waals surface area contributed by atoms with Crippen molar-refractivity contribution >= 4 is 46.3 Å². The maximum Gasteiger partial charge on any atom is 0.300 e. The van der Waals surface area contributed by atoms with Crippen molar-refractivity contribution in [2.75, 3.05) is 11.5 Å². The summed E-state index contributed by atoms with van der Waals surface area (Å²) in [6.07, 6.45) is 0. The molecule has 0 saturated carbocycles. The number of benzene rings is 3. The fourth-order valence-corrected chi connectivity index (χ4v) is 4.23. The molecule has 3 aromatic carbocycles. The van der Waals surface area contributed by atoms with Gasteiger partial charge >= 0.3 is 0 Å². The quantitative estimate of drug-likeness (QED) is 0.262. The van der Waals surface area contributed by atoms with Crippen LogP contribution in [-0.2, 0) is 9.59 Å². The lowest BCUT2D eigenvalue weighted by molar-refractivity contribution is -0.132. The van der Waals surface area contributed by atoms with Gasteiger partial charge < -0.3 is 9.84 Å². The van der Waals surface area contributed by atoms with Crippen LogP contribution in [0.4, 0.5) is 5.69 Å². The Balaban J connectivity index is 1.93. The van der Waals surface area contributed by atoms with Crippen molar-refractivity contribution in [2.45, 2.75) is 19.9 Å². The van der Waals surface area contributed by atoms with Gasteiger partial charge in [-0.05, 0) is 61.9 Å². The number of aryl methyl sites for hydroxylation is 1. The van der Waals surface area contributed by atoms with Gasteiger partial charge in [0, 0.05) is 16.3 Å². The topological polar surface area (TPSA) is 66.8 Å². The van der Waals surface area contributed by atoms with E-state index in [1.54, 1.807) is 42.5 Å². The molecule has 4 rings (SSSR count). The molecule has 1 amide bonds. The molecule has 1 aliphatic heterocycles. The van der Waals surface area contributed by atoms with E-state index >= 15 is 0 Å². The molecule has 1 N–H and O–H groups in total. The highest BCUT2D eigenvalue weighted by Crippen LogP contribution is 2.43. The summed E-state index contributed by atoms with van der Waals surface area (Å²) >= 11 is 12.2. The van der Waals surface area contributed by atoms with Crippen LogP contribution in [0.1, 0.15) is 29.7 Å². The maximum atomic E-state index is 13.2. The summed E-state index contributed by atoms with van der Waals surface area (Å²) in [7, 11) is 0. The van der Waals surface area contributed by atoms with E-state index in [9.17, 15) is 14.7 Å². The molecule has 1 heterocycles. The summed E-state index contributed by atoms with van der Waals surface area (Å²) in [5, 5.41) is 12.1. The minimum absolute atomic E-state index is 0.00896. The Morgan fingerprint density at radius 3 is 2.42 bits per heavy atom. The number of carbonyl (C=O) groups excluding carboxylic acids is 2. The summed E-state index contributed by atoms with van der Waals surface area (Å²) in [6, 6.07) is 18.0. The van der Waals surface area contributed by atoms with Crippen LogP contribution in [0.5, 0.6) is 5.75 Å². The number of halogens is 2. The molecule has 1 atom stereocenters. The molecular weight excluding hydrogens is 461 g/mol. The average molecular weight is 482 g/mol. The van der Waals surface area contributed by atoms with Gasteiger partial charge in [-0.2, -0.15) is 0 Å². The lowest BCUT2D eigenvalue weighted by atomic mass is 9.94. The number of ketones is 1. The van der Waals surface area contributed by atoms with Gasteiger partial charge in [-0.15, -0.1) is 0 Å². The molecule has 33 heavy (non-hydrogen) atoms. The third-order valence-corrected chi connectivity index (χ3v) is 5.98. The summed E-state index contributed by atoms with van der Waals surface area (Å²) in [6.45, 7) is 4.12. The number of hydrogen-bond donors (Lipinski definition) is 1. The van der Waals surface area contributed by atoms with Crippen LogP contribution >= 0.6 is 23.2 Å². The molecule has 1 fully saturated rings. The SMILES string of the molecule is CCOc1cc(/C(O)=C2/C(=O)C(=O)N(c3ccc(Cl)cc3)C2c2cccc(C)c2)ccc1Cl. The largest absolute Gasteiger partial charge is 0.507 e. The van der Waals surface area contributed by atoms with Crippen LogP contribution in [-0.4, -0.2) is 23.4 Å². The van der Waals surface area contributed by atoms with Crippen LogP contribution in [0, 0.1) is 6.92 Å². The van der Waals surface area contributed by atoms with Gasteiger partial charge in [-0.3, -0.25) is 14.5 Å². The van der Waals surface area contributed by atoms with E-state index in [-0.39, 0.29) is 11.3 Å². The molecule has 5 nitrogen and oxygen atoms in total. The molecule has 0 bridgehead atoms. The molecular formula is C26H21Cl2NO4. The van der Waals surface area contributed by atoms with E-state index < -0.39 is 17.7 Å². The minimum Gasteiger partial charge on any atom is -0.507 e. The number of amides is 1. The Morgan fingerprint density at radius 2 is 1.76 bits per heavy atom. The van der Waals surface area contributed by atoms with Gasteiger partial charge in [-0.1, -0.05) is 53.0 Å². The van der Waals surface area contributed by atoms with Gasteiger partial charge in [-0.25, -0.2) is 0 Å². The van der Waals surface area contributed by atoms with Crippen LogP contribution < -0.4 is 9.64 Å². The van der Waals surface area contributed by atoms with Crippen LogP contribution in [0.15, 0.2) is 72.3 Å². The Labute approximate surface area is 201 Å². The Morgan fingerprint density at radius 1 is 1.03 bits per heavy atom. The first-order valence-electron chi connectivity index (χ1n) is 10.4. The highest BCUT2D eigenvalue weighted by atomic mass is 35.5. The smallest absolute Gasteiger partial charge is 0.300 e. The van der Waals surface area contributed by atoms with E-state index in [0.717, 1.165) is 5.56 Å². The lowest BCUT2D eigenvalue weighted by Gasteiger charge is -2.25. The molecule has 0 spiro atoms. The van der Waals surface area contributed by atoms with Crippen molar-refractivity contribution in [3.8, 4) is 5.75 Å². The zero-order valence-corrected chi connectivity index (χ0v) is 19.5. The molecule has 0 aromatic heterocycles. The van der Waals surface area contributed by atoms with Crippen molar-refractivity contribution in [3.05, 3.63) is 99.0 Å². The second-order valence-corrected chi connectivity index (χ2v) is 8.48. The molecule has 7 heteroatoms. The minimum atomic E-state index is -0.822. The predicted octanol–water partition coefficient (Wildman–Crippen LogP) is 6.33. The van der Waals surface area contributed by atoms with Crippen molar-refractivity contribution in [1.29, 1.82) is 0 Å². The normalized spacial score (nSPS) is 17.5. The Kier molecular flexibility index (Phi) is 6.45. The van der Waals surface area contributed by atoms with Gasteiger partial charge in [0.2, 0.25) is 0 Å². The van der Waals surface area contributed by atoms with Crippen molar-refractivity contribution in [3.63, 3.8) is 0 Å². The van der Waals surface area contributed by atoms with Crippen molar-refractivity contribution in [2.24, 2.45) is 0 Å². The summed E-state index contributed by atoms with van der Waals surface area (Å²) in [5.41, 5.74) is 2.47. The van der Waals surface area contributed by atoms with Crippen LogP contribution in [0.25, 0.3) is 5.76 Å². The Hall–Kier alpha value is -3.28. The van der Waals surface area contributed by atoms with E-state index in [1.165, 1.54) is 4.90 Å². The fourth-order valence-electron chi connectivity index (χ4n) is 3.93. The van der Waals surface area contributed by atoms with Crippen molar-refractivity contribution in [1.82, 2.24) is 0 Å². The zero-order chi connectivity index (χ0) is 23.7. The van der Waals surface area contributed by atoms with Crippen LogP contribution in [0.2, 0.25) is 10.0 Å². The summed E-state index contributed by atoms with van der Waals surface area (Å²) in [5.74, 6) is -1.43. The first-order chi connectivity index (χ1) is 15.8. The summed E-state index contributed by atoms with van der Waals surface area (Å²) < 4.78 is 5.53. The van der Waals surface area contributed by atoms with E-state index in [2.05, 4.69) is 0 Å². The van der Waals surface area contributed by atoms with E-state index in [0.29, 0.717) is 39.2 Å². The molecule has 0 radical (unpaired) electrons. The standard InChI is InChI=1S/C26H21Cl2NO4/c1-3-33-21-14-17(7-12-20(21)28)24(30)22-23(16-6-4-5-15(2)13-16)29(26(32)25(22)31)19-10-8-18(27)9-11-19/h4-14,23,30H,3H2,1-2H3/b24-22-. The summed E-state index contributed by atoms with van der Waals surface area (Å²) in [4.78, 5) is 27.8. The van der Waals surface area contributed by atoms with E-state index in [1.807, 2.05) is 38.1 Å². The van der Waals surface area contributed by atoms with Gasteiger partial charge in [0.15, 0.2) is 0 Å². The molecule has 1 unspecified atom stereocenters. The number of aliphatic hydroxyl groups is 1. The number of hydrogen-bond acceptors (Lipinski definition) is 4. The van der Waals surface area contributed by atoms with E-state index in [4.69, 9.17) is 27.9 Å². The molecule has 1 aliphatic rings. The van der Waals surface area contributed by atoms with Gasteiger partial charge in [0.1, 0.15) is 11.5 Å². The second-order valence-electron chi connectivity index (χ2n) is 7.64. The van der Waals surface area contributed by atoms with Crippen LogP contribution in [0.3, 0.4) is 0 Å². The van der Waals surface area contributed by atoms with Crippen molar-refractivity contribution < 1.29 is 19.4 Å². The molecule has 3 aromatic rings. The number of anilines is 1. The number of aliphatic hydroxyl groups excluding tert-OH is 1. The monoisotopic (exact) mass is 481 g/mol. The Bertz CT molecular complexity index is 1270. The molecule has 1 saturated heterocycles. The average Bonchev–Trinajstić information content (AvgIpc) is 3.06. The maximum absolute atomic E-state index is 13.2. The number of ether oxygens (including phenoxy) is 1. The fraction of sp³-hybridized carbons (Fsp3) is 0.154. The number of Topliss-reactive ketones (excluding diaryl/α,β-unsaturated/α-hetero) is 1. The number of rotatable bonds is 5. The molecule has 168 valence electrons. The highest BCUT2D eigenvalue weighted by Gasteiger charge is 2.47. The third-order valence-electron chi connectivity index (χ3n) is 5.41.